The summed E-state index contributed by atoms with van der Waals surface area (Å²) < 4.78 is 15.7. The first-order valence-corrected chi connectivity index (χ1v) is 4.93. The van der Waals surface area contributed by atoms with Crippen molar-refractivity contribution < 1.29 is 19.0 Å². The highest BCUT2D eigenvalue weighted by atomic mass is 16.5. The van der Waals surface area contributed by atoms with Crippen LogP contribution in [0.1, 0.15) is 6.42 Å². The van der Waals surface area contributed by atoms with Gasteiger partial charge in [-0.05, 0) is 0 Å². The number of hydrogen-bond acceptors (Lipinski definition) is 4. The number of fused-ring (bicyclic) bond motifs is 1. The van der Waals surface area contributed by atoms with Gasteiger partial charge in [0.2, 0.25) is 5.91 Å². The Morgan fingerprint density at radius 3 is 2.62 bits per heavy atom. The van der Waals surface area contributed by atoms with Crippen molar-refractivity contribution >= 4 is 11.6 Å². The Morgan fingerprint density at radius 1 is 1.25 bits per heavy atom. The fraction of sp³-hybridized carbons (Fsp3) is 0.364. The third-order valence-electron chi connectivity index (χ3n) is 2.35. The first-order valence-electron chi connectivity index (χ1n) is 4.93. The van der Waals surface area contributed by atoms with E-state index in [2.05, 4.69) is 5.32 Å². The number of rotatable bonds is 2. The summed E-state index contributed by atoms with van der Waals surface area (Å²) in [7, 11) is 3.10. The molecule has 0 spiro atoms. The van der Waals surface area contributed by atoms with Gasteiger partial charge in [-0.3, -0.25) is 4.79 Å². The molecule has 0 bridgehead atoms. The number of anilines is 1. The van der Waals surface area contributed by atoms with Crippen LogP contribution in [0.5, 0.6) is 17.2 Å². The van der Waals surface area contributed by atoms with E-state index in [0.717, 1.165) is 0 Å². The number of nitrogens with one attached hydrogen (secondary N) is 1. The zero-order chi connectivity index (χ0) is 11.5. The fourth-order valence-corrected chi connectivity index (χ4v) is 1.54. The smallest absolute Gasteiger partial charge is 0.227 e. The quantitative estimate of drug-likeness (QED) is 0.823. The second-order valence-corrected chi connectivity index (χ2v) is 3.35. The molecule has 1 aromatic rings. The molecule has 5 nitrogen and oxygen atoms in total. The third kappa shape index (κ3) is 1.88. The summed E-state index contributed by atoms with van der Waals surface area (Å²) in [6, 6.07) is 3.40. The van der Waals surface area contributed by atoms with Crippen LogP contribution in [-0.2, 0) is 4.79 Å². The summed E-state index contributed by atoms with van der Waals surface area (Å²) in [4.78, 5) is 11.3. The first kappa shape index (κ1) is 10.6. The molecule has 2 rings (SSSR count). The summed E-state index contributed by atoms with van der Waals surface area (Å²) in [6.45, 7) is 0.369. The second kappa shape index (κ2) is 4.30. The molecule has 0 aromatic heterocycles. The SMILES string of the molecule is COc1cc2c(cc1OC)OCCC(=O)N2. The topological polar surface area (TPSA) is 56.8 Å². The maximum absolute atomic E-state index is 11.3. The first-order chi connectivity index (χ1) is 7.74. The van der Waals surface area contributed by atoms with Crippen molar-refractivity contribution in [3.05, 3.63) is 12.1 Å². The van der Waals surface area contributed by atoms with E-state index >= 15 is 0 Å². The third-order valence-corrected chi connectivity index (χ3v) is 2.35. The summed E-state index contributed by atoms with van der Waals surface area (Å²) in [5.41, 5.74) is 0.611. The molecule has 1 aromatic carbocycles. The Hall–Kier alpha value is -1.91. The number of methoxy groups -OCH3 is 2. The molecule has 0 atom stereocenters. The summed E-state index contributed by atoms with van der Waals surface area (Å²) in [5.74, 6) is 1.68. The number of hydrogen-bond donors (Lipinski definition) is 1. The van der Waals surface area contributed by atoms with Crippen LogP contribution in [0.3, 0.4) is 0 Å². The Labute approximate surface area is 93.3 Å². The van der Waals surface area contributed by atoms with Crippen molar-refractivity contribution in [1.82, 2.24) is 0 Å². The fourth-order valence-electron chi connectivity index (χ4n) is 1.54. The predicted molar refractivity (Wildman–Crippen MR) is 58.3 cm³/mol. The minimum Gasteiger partial charge on any atom is -0.493 e. The molecule has 0 saturated carbocycles. The lowest BCUT2D eigenvalue weighted by atomic mass is 10.2. The zero-order valence-electron chi connectivity index (χ0n) is 9.20. The van der Waals surface area contributed by atoms with E-state index in [1.807, 2.05) is 0 Å². The molecule has 1 aliphatic rings. The normalized spacial score (nSPS) is 14.2. The molecule has 0 unspecified atom stereocenters. The van der Waals surface area contributed by atoms with Gasteiger partial charge in [0.05, 0.1) is 32.9 Å². The van der Waals surface area contributed by atoms with E-state index in [1.165, 1.54) is 0 Å². The van der Waals surface area contributed by atoms with Gasteiger partial charge in [0.25, 0.3) is 0 Å². The van der Waals surface area contributed by atoms with E-state index in [-0.39, 0.29) is 5.91 Å². The lowest BCUT2D eigenvalue weighted by molar-refractivity contribution is -0.116. The minimum absolute atomic E-state index is 0.0639. The highest BCUT2D eigenvalue weighted by Crippen LogP contribution is 2.38. The van der Waals surface area contributed by atoms with Crippen LogP contribution >= 0.6 is 0 Å². The van der Waals surface area contributed by atoms with Gasteiger partial charge in [-0.25, -0.2) is 0 Å². The van der Waals surface area contributed by atoms with Crippen LogP contribution in [0.4, 0.5) is 5.69 Å². The summed E-state index contributed by atoms with van der Waals surface area (Å²) in [6.07, 6.45) is 0.347. The van der Waals surface area contributed by atoms with Gasteiger partial charge in [-0.1, -0.05) is 0 Å². The van der Waals surface area contributed by atoms with Crippen LogP contribution in [0.15, 0.2) is 12.1 Å². The largest absolute Gasteiger partial charge is 0.493 e. The van der Waals surface area contributed by atoms with Crippen molar-refractivity contribution in [2.75, 3.05) is 26.1 Å². The van der Waals surface area contributed by atoms with Gasteiger partial charge in [0.1, 0.15) is 5.75 Å². The van der Waals surface area contributed by atoms with Crippen LogP contribution in [-0.4, -0.2) is 26.7 Å². The number of carbonyl (C=O) groups is 1. The summed E-state index contributed by atoms with van der Waals surface area (Å²) >= 11 is 0. The Morgan fingerprint density at radius 2 is 1.94 bits per heavy atom. The molecule has 5 heteroatoms. The molecule has 16 heavy (non-hydrogen) atoms. The number of ether oxygens (including phenoxy) is 3. The second-order valence-electron chi connectivity index (χ2n) is 3.35. The number of carbonyl (C=O) groups excluding carboxylic acids is 1. The van der Waals surface area contributed by atoms with Crippen LogP contribution in [0, 0.1) is 0 Å². The van der Waals surface area contributed by atoms with Crippen LogP contribution in [0.25, 0.3) is 0 Å². The molecule has 0 aliphatic carbocycles. The Balaban J connectivity index is 2.44. The van der Waals surface area contributed by atoms with Gasteiger partial charge in [0, 0.05) is 12.1 Å². The maximum Gasteiger partial charge on any atom is 0.227 e. The maximum atomic E-state index is 11.3. The molecular weight excluding hydrogens is 210 g/mol. The van der Waals surface area contributed by atoms with Crippen LogP contribution in [0.2, 0.25) is 0 Å². The molecular formula is C11H13NO4. The molecule has 1 amide bonds. The van der Waals surface area contributed by atoms with E-state index in [1.54, 1.807) is 26.4 Å². The molecule has 1 heterocycles. The lowest BCUT2D eigenvalue weighted by Gasteiger charge is -2.12. The lowest BCUT2D eigenvalue weighted by Crippen LogP contribution is -2.10. The van der Waals surface area contributed by atoms with E-state index < -0.39 is 0 Å². The van der Waals surface area contributed by atoms with Gasteiger partial charge in [-0.15, -0.1) is 0 Å². The van der Waals surface area contributed by atoms with Gasteiger partial charge in [-0.2, -0.15) is 0 Å². The Bertz CT molecular complexity index is 417. The van der Waals surface area contributed by atoms with Crippen molar-refractivity contribution in [3.8, 4) is 17.2 Å². The predicted octanol–water partition coefficient (Wildman–Crippen LogP) is 1.42. The molecule has 0 fully saturated rings. The van der Waals surface area contributed by atoms with Crippen LogP contribution < -0.4 is 19.5 Å². The average Bonchev–Trinajstić information content (AvgIpc) is 2.47. The van der Waals surface area contributed by atoms with Gasteiger partial charge < -0.3 is 19.5 Å². The van der Waals surface area contributed by atoms with Gasteiger partial charge in [0.15, 0.2) is 11.5 Å². The molecule has 0 saturated heterocycles. The summed E-state index contributed by atoms with van der Waals surface area (Å²) in [5, 5.41) is 2.75. The van der Waals surface area contributed by atoms with E-state index in [0.29, 0.717) is 36.0 Å². The average molecular weight is 223 g/mol. The van der Waals surface area contributed by atoms with E-state index in [4.69, 9.17) is 14.2 Å². The zero-order valence-corrected chi connectivity index (χ0v) is 9.20. The molecule has 1 aliphatic heterocycles. The molecule has 1 N–H and O–H groups in total. The van der Waals surface area contributed by atoms with E-state index in [9.17, 15) is 4.79 Å². The highest BCUT2D eigenvalue weighted by Gasteiger charge is 2.17. The molecule has 86 valence electrons. The van der Waals surface area contributed by atoms with Gasteiger partial charge >= 0.3 is 0 Å². The number of benzene rings is 1. The monoisotopic (exact) mass is 223 g/mol. The Kier molecular flexibility index (Phi) is 2.85. The standard InChI is InChI=1S/C11H13NO4/c1-14-9-5-7-8(6-10(9)15-2)16-4-3-11(13)12-7/h5-6H,3-4H2,1-2H3,(H,12,13). The van der Waals surface area contributed by atoms with Crippen molar-refractivity contribution in [2.45, 2.75) is 6.42 Å². The van der Waals surface area contributed by atoms with Crippen molar-refractivity contribution in [3.63, 3.8) is 0 Å². The number of amides is 1. The molecule has 0 radical (unpaired) electrons. The highest BCUT2D eigenvalue weighted by molar-refractivity contribution is 5.93. The van der Waals surface area contributed by atoms with Crippen molar-refractivity contribution in [1.29, 1.82) is 0 Å². The van der Waals surface area contributed by atoms with Crippen molar-refractivity contribution in [2.24, 2.45) is 0 Å². The minimum atomic E-state index is -0.0639.